The molecule has 4 atom stereocenters. The normalized spacial score (nSPS) is 27.3. The van der Waals surface area contributed by atoms with Crippen molar-refractivity contribution in [1.29, 1.82) is 0 Å². The van der Waals surface area contributed by atoms with Crippen LogP contribution in [0.1, 0.15) is 58.1 Å². The number of carbonyl (C=O) groups excluding carboxylic acids is 1. The van der Waals surface area contributed by atoms with Crippen molar-refractivity contribution in [3.05, 3.63) is 29.7 Å². The maximum Gasteiger partial charge on any atom is 0.288 e. The number of aromatic amines is 1. The Morgan fingerprint density at radius 2 is 2.06 bits per heavy atom. The number of anilines is 1. The summed E-state index contributed by atoms with van der Waals surface area (Å²) in [6.07, 6.45) is 8.85. The van der Waals surface area contributed by atoms with Crippen LogP contribution in [0.3, 0.4) is 0 Å². The summed E-state index contributed by atoms with van der Waals surface area (Å²) in [7, 11) is 0. The average Bonchev–Trinajstić information content (AvgIpc) is 3.14. The number of allylic oxidation sites excluding steroid dienone is 2. The number of aromatic nitrogens is 3. The molecule has 32 heavy (non-hydrogen) atoms. The van der Waals surface area contributed by atoms with Crippen molar-refractivity contribution in [2.75, 3.05) is 37.6 Å². The van der Waals surface area contributed by atoms with E-state index in [2.05, 4.69) is 88.6 Å². The van der Waals surface area contributed by atoms with E-state index in [9.17, 15) is 4.79 Å². The fourth-order valence-electron chi connectivity index (χ4n) is 5.09. The molecule has 3 aliphatic rings. The standard InChI is InChI=1S/C24H39N7O/c1-6-7-17-13-19(17)20-15-25-14-18(20)12-16(2)26-22(32)21-27-23(29-28-21)30-8-10-31(11-9-30)24(3,4)5/h6-7,15-19,25H,8-14H2,1-5H3,(H,26,32)(H,27,28,29)/b7-6-. The molecule has 1 aromatic heterocycles. The van der Waals surface area contributed by atoms with Crippen LogP contribution in [-0.4, -0.2) is 70.3 Å². The first-order valence-corrected chi connectivity index (χ1v) is 12.1. The van der Waals surface area contributed by atoms with Crippen molar-refractivity contribution in [3.8, 4) is 0 Å². The molecule has 1 aliphatic carbocycles. The molecule has 1 saturated heterocycles. The van der Waals surface area contributed by atoms with Crippen molar-refractivity contribution < 1.29 is 4.79 Å². The van der Waals surface area contributed by atoms with Crippen LogP contribution < -0.4 is 15.5 Å². The Hall–Kier alpha value is -2.35. The van der Waals surface area contributed by atoms with Gasteiger partial charge in [-0.2, -0.15) is 4.98 Å². The Kier molecular flexibility index (Phi) is 6.60. The summed E-state index contributed by atoms with van der Waals surface area (Å²) in [6, 6.07) is 0.0681. The van der Waals surface area contributed by atoms with Crippen molar-refractivity contribution in [2.45, 2.75) is 59.0 Å². The van der Waals surface area contributed by atoms with E-state index in [4.69, 9.17) is 0 Å². The number of H-pyrrole nitrogens is 1. The van der Waals surface area contributed by atoms with Crippen LogP contribution >= 0.6 is 0 Å². The molecule has 0 radical (unpaired) electrons. The lowest BCUT2D eigenvalue weighted by Gasteiger charge is -2.41. The fourth-order valence-corrected chi connectivity index (χ4v) is 5.09. The van der Waals surface area contributed by atoms with Crippen LogP contribution in [0.5, 0.6) is 0 Å². The van der Waals surface area contributed by atoms with Crippen molar-refractivity contribution in [2.24, 2.45) is 17.8 Å². The van der Waals surface area contributed by atoms with Gasteiger partial charge in [-0.3, -0.25) is 14.8 Å². The summed E-state index contributed by atoms with van der Waals surface area (Å²) in [4.78, 5) is 21.9. The molecular weight excluding hydrogens is 402 g/mol. The molecule has 0 aromatic carbocycles. The summed E-state index contributed by atoms with van der Waals surface area (Å²) in [6.45, 7) is 15.5. The van der Waals surface area contributed by atoms with Crippen LogP contribution in [-0.2, 0) is 0 Å². The molecule has 8 nitrogen and oxygen atoms in total. The van der Waals surface area contributed by atoms with Gasteiger partial charge in [-0.1, -0.05) is 12.2 Å². The maximum absolute atomic E-state index is 12.8. The number of nitrogens with one attached hydrogen (secondary N) is 3. The van der Waals surface area contributed by atoms with Crippen LogP contribution in [0.15, 0.2) is 23.9 Å². The molecule has 2 aliphatic heterocycles. The number of hydrogen-bond donors (Lipinski definition) is 3. The molecule has 8 heteroatoms. The van der Waals surface area contributed by atoms with E-state index < -0.39 is 0 Å². The molecule has 2 fully saturated rings. The van der Waals surface area contributed by atoms with Gasteiger partial charge < -0.3 is 15.5 Å². The first kappa shape index (κ1) is 22.8. The van der Waals surface area contributed by atoms with Crippen LogP contribution in [0.25, 0.3) is 0 Å². The highest BCUT2D eigenvalue weighted by molar-refractivity contribution is 5.90. The summed E-state index contributed by atoms with van der Waals surface area (Å²) < 4.78 is 0. The first-order valence-electron chi connectivity index (χ1n) is 12.1. The Balaban J connectivity index is 1.27. The van der Waals surface area contributed by atoms with Gasteiger partial charge in [0.25, 0.3) is 5.91 Å². The van der Waals surface area contributed by atoms with Gasteiger partial charge in [0, 0.05) is 50.2 Å². The van der Waals surface area contributed by atoms with Gasteiger partial charge in [-0.15, -0.1) is 5.10 Å². The molecule has 3 heterocycles. The predicted molar refractivity (Wildman–Crippen MR) is 127 cm³/mol. The number of nitrogens with zero attached hydrogens (tertiary/aromatic N) is 4. The number of carbonyl (C=O) groups is 1. The first-order chi connectivity index (χ1) is 15.3. The summed E-state index contributed by atoms with van der Waals surface area (Å²) >= 11 is 0. The summed E-state index contributed by atoms with van der Waals surface area (Å²) in [5, 5.41) is 13.7. The highest BCUT2D eigenvalue weighted by Gasteiger charge is 2.41. The zero-order valence-electron chi connectivity index (χ0n) is 20.2. The lowest BCUT2D eigenvalue weighted by molar-refractivity contribution is 0.0926. The minimum Gasteiger partial charge on any atom is -0.390 e. The van der Waals surface area contributed by atoms with Gasteiger partial charge in [0.1, 0.15) is 0 Å². The molecule has 3 N–H and O–H groups in total. The SMILES string of the molecule is C/C=C\C1CC1C1=CNCC1CC(C)NC(=O)c1nc(N2CCN(C(C)(C)C)CC2)n[nH]1. The fraction of sp³-hybridized carbons (Fsp3) is 0.708. The Morgan fingerprint density at radius 3 is 2.75 bits per heavy atom. The number of rotatable bonds is 7. The van der Waals surface area contributed by atoms with E-state index in [1.807, 2.05) is 0 Å². The molecule has 176 valence electrons. The van der Waals surface area contributed by atoms with Gasteiger partial charge >= 0.3 is 0 Å². The van der Waals surface area contributed by atoms with Gasteiger partial charge in [0.2, 0.25) is 11.8 Å². The molecule has 4 unspecified atom stereocenters. The second-order valence-electron chi connectivity index (χ2n) is 10.5. The molecule has 0 bridgehead atoms. The Morgan fingerprint density at radius 1 is 1.31 bits per heavy atom. The lowest BCUT2D eigenvalue weighted by atomic mass is 9.91. The zero-order valence-corrected chi connectivity index (χ0v) is 20.2. The van der Waals surface area contributed by atoms with Crippen LogP contribution in [0, 0.1) is 17.8 Å². The minimum absolute atomic E-state index is 0.0681. The number of amides is 1. The third-order valence-electron chi connectivity index (χ3n) is 7.03. The van der Waals surface area contributed by atoms with E-state index in [1.165, 1.54) is 12.0 Å². The van der Waals surface area contributed by atoms with E-state index in [-0.39, 0.29) is 17.5 Å². The zero-order chi connectivity index (χ0) is 22.9. The van der Waals surface area contributed by atoms with Crippen molar-refractivity contribution >= 4 is 11.9 Å². The predicted octanol–water partition coefficient (Wildman–Crippen LogP) is 2.55. The third-order valence-corrected chi connectivity index (χ3v) is 7.03. The van der Waals surface area contributed by atoms with Crippen LogP contribution in [0.4, 0.5) is 5.95 Å². The van der Waals surface area contributed by atoms with Crippen LogP contribution in [0.2, 0.25) is 0 Å². The van der Waals surface area contributed by atoms with Gasteiger partial charge in [-0.05, 0) is 71.1 Å². The quantitative estimate of drug-likeness (QED) is 0.564. The second kappa shape index (κ2) is 9.25. The highest BCUT2D eigenvalue weighted by Crippen LogP contribution is 2.49. The largest absolute Gasteiger partial charge is 0.390 e. The maximum atomic E-state index is 12.8. The molecule has 4 rings (SSSR count). The molecule has 0 spiro atoms. The summed E-state index contributed by atoms with van der Waals surface area (Å²) in [5.41, 5.74) is 1.69. The smallest absolute Gasteiger partial charge is 0.288 e. The highest BCUT2D eigenvalue weighted by atomic mass is 16.2. The van der Waals surface area contributed by atoms with E-state index in [1.54, 1.807) is 0 Å². The molecular formula is C24H39N7O. The molecule has 1 aromatic rings. The third kappa shape index (κ3) is 5.17. The monoisotopic (exact) mass is 441 g/mol. The summed E-state index contributed by atoms with van der Waals surface area (Å²) in [5.74, 6) is 2.57. The minimum atomic E-state index is -0.181. The van der Waals surface area contributed by atoms with Gasteiger partial charge in [0.05, 0.1) is 0 Å². The topological polar surface area (TPSA) is 89.2 Å². The lowest BCUT2D eigenvalue weighted by Crippen LogP contribution is -2.53. The average molecular weight is 442 g/mol. The molecule has 1 amide bonds. The number of piperazine rings is 1. The van der Waals surface area contributed by atoms with E-state index >= 15 is 0 Å². The number of hydrogen-bond acceptors (Lipinski definition) is 6. The Bertz CT molecular complexity index is 860. The second-order valence-corrected chi connectivity index (χ2v) is 10.5. The molecule has 1 saturated carbocycles. The van der Waals surface area contributed by atoms with Crippen molar-refractivity contribution in [3.63, 3.8) is 0 Å². The van der Waals surface area contributed by atoms with Gasteiger partial charge in [0.15, 0.2) is 0 Å². The van der Waals surface area contributed by atoms with E-state index in [0.717, 1.165) is 39.1 Å². The Labute approximate surface area is 191 Å². The van der Waals surface area contributed by atoms with E-state index in [0.29, 0.717) is 29.5 Å². The van der Waals surface area contributed by atoms with Crippen molar-refractivity contribution in [1.82, 2.24) is 30.7 Å². The van der Waals surface area contributed by atoms with Gasteiger partial charge in [-0.25, -0.2) is 0 Å².